The quantitative estimate of drug-likeness (QED) is 0.318. The van der Waals surface area contributed by atoms with Crippen LogP contribution in [0.5, 0.6) is 5.75 Å². The molecule has 3 amide bonds. The molecule has 3 heterocycles. The van der Waals surface area contributed by atoms with Crippen LogP contribution < -0.4 is 10.1 Å². The van der Waals surface area contributed by atoms with E-state index in [0.29, 0.717) is 39.1 Å². The maximum atomic E-state index is 14.2. The summed E-state index contributed by atoms with van der Waals surface area (Å²) >= 11 is 0. The van der Waals surface area contributed by atoms with Crippen molar-refractivity contribution in [2.45, 2.75) is 70.1 Å². The van der Waals surface area contributed by atoms with Crippen LogP contribution in [0.25, 0.3) is 10.9 Å². The summed E-state index contributed by atoms with van der Waals surface area (Å²) in [5.74, 6) is 0.292. The van der Waals surface area contributed by atoms with Crippen LogP contribution in [0.4, 0.5) is 14.9 Å². The van der Waals surface area contributed by atoms with Crippen molar-refractivity contribution in [2.75, 3.05) is 38.7 Å². The number of piperidine rings is 1. The van der Waals surface area contributed by atoms with Crippen molar-refractivity contribution in [3.05, 3.63) is 59.5 Å². The van der Waals surface area contributed by atoms with E-state index in [9.17, 15) is 14.0 Å². The number of nitrogens with zero attached hydrogens (tertiary/aromatic N) is 2. The number of carbonyl (C=O) groups is 2. The van der Waals surface area contributed by atoms with Crippen molar-refractivity contribution in [2.24, 2.45) is 0 Å². The van der Waals surface area contributed by atoms with Gasteiger partial charge < -0.3 is 29.3 Å². The first-order valence-electron chi connectivity index (χ1n) is 14.7. The second kappa shape index (κ2) is 11.0. The molecule has 3 aromatic rings. The van der Waals surface area contributed by atoms with E-state index < -0.39 is 14.1 Å². The number of benzene rings is 2. The molecule has 2 aromatic carbocycles. The number of urea groups is 1. The van der Waals surface area contributed by atoms with Crippen LogP contribution in [0.1, 0.15) is 57.8 Å². The van der Waals surface area contributed by atoms with Gasteiger partial charge in [-0.15, -0.1) is 0 Å². The number of hydrogen-bond acceptors (Lipinski definition) is 4. The monoisotopic (exact) mass is 594 g/mol. The summed E-state index contributed by atoms with van der Waals surface area (Å²) in [6.45, 7) is 14.7. The SMILES string of the molecule is COc1ccc2c3c([nH]c2c1)[C@H](CO[Si](C)(C)C(C)(C)C)N(C(C)=O)CC31CCN(C(=O)Nc2ccccc2F)CC1. The molecule has 1 spiro atoms. The summed E-state index contributed by atoms with van der Waals surface area (Å²) in [5.41, 5.74) is 2.98. The van der Waals surface area contributed by atoms with Crippen LogP contribution in [-0.2, 0) is 14.6 Å². The highest BCUT2D eigenvalue weighted by Crippen LogP contribution is 2.50. The molecule has 2 aliphatic heterocycles. The van der Waals surface area contributed by atoms with Gasteiger partial charge in [0.15, 0.2) is 8.32 Å². The molecule has 0 radical (unpaired) electrons. The molecule has 1 aromatic heterocycles. The largest absolute Gasteiger partial charge is 0.497 e. The van der Waals surface area contributed by atoms with Crippen LogP contribution in [0, 0.1) is 5.82 Å². The Morgan fingerprint density at radius 3 is 2.45 bits per heavy atom. The normalized spacial score (nSPS) is 18.7. The predicted octanol–water partition coefficient (Wildman–Crippen LogP) is 6.81. The van der Waals surface area contributed by atoms with Gasteiger partial charge in [0.25, 0.3) is 0 Å². The Hall–Kier alpha value is -3.37. The van der Waals surface area contributed by atoms with Gasteiger partial charge in [0.05, 0.1) is 25.4 Å². The fourth-order valence-corrected chi connectivity index (χ4v) is 7.14. The highest BCUT2D eigenvalue weighted by atomic mass is 28.4. The Morgan fingerprint density at radius 1 is 1.14 bits per heavy atom. The number of halogens is 1. The molecule has 2 aliphatic rings. The van der Waals surface area contributed by atoms with E-state index in [0.717, 1.165) is 22.3 Å². The van der Waals surface area contributed by atoms with Crippen LogP contribution in [-0.4, -0.2) is 68.4 Å². The number of anilines is 1. The van der Waals surface area contributed by atoms with Crippen LogP contribution in [0.3, 0.4) is 0 Å². The van der Waals surface area contributed by atoms with Gasteiger partial charge in [0, 0.05) is 54.6 Å². The number of nitrogens with one attached hydrogen (secondary N) is 2. The van der Waals surface area contributed by atoms with Crippen molar-refractivity contribution in [1.29, 1.82) is 0 Å². The summed E-state index contributed by atoms with van der Waals surface area (Å²) in [6, 6.07) is 11.7. The molecule has 2 N–H and O–H groups in total. The lowest BCUT2D eigenvalue weighted by atomic mass is 9.68. The molecule has 0 unspecified atom stereocenters. The number of hydrogen-bond donors (Lipinski definition) is 2. The predicted molar refractivity (Wildman–Crippen MR) is 166 cm³/mol. The van der Waals surface area contributed by atoms with Gasteiger partial charge in [0.2, 0.25) is 5.91 Å². The number of likely N-dealkylation sites (tertiary alicyclic amines) is 1. The number of aromatic nitrogens is 1. The van der Waals surface area contributed by atoms with Gasteiger partial charge >= 0.3 is 6.03 Å². The summed E-state index contributed by atoms with van der Waals surface area (Å²) in [4.78, 5) is 33.7. The zero-order chi connectivity index (χ0) is 30.4. The molecule has 0 saturated carbocycles. The summed E-state index contributed by atoms with van der Waals surface area (Å²) in [5, 5.41) is 3.86. The molecule has 1 saturated heterocycles. The third kappa shape index (κ3) is 5.42. The smallest absolute Gasteiger partial charge is 0.321 e. The van der Waals surface area contributed by atoms with E-state index in [1.54, 1.807) is 37.1 Å². The van der Waals surface area contributed by atoms with E-state index in [1.165, 1.54) is 11.6 Å². The average molecular weight is 595 g/mol. The third-order valence-corrected chi connectivity index (χ3v) is 14.2. The Kier molecular flexibility index (Phi) is 7.91. The Morgan fingerprint density at radius 2 is 1.83 bits per heavy atom. The summed E-state index contributed by atoms with van der Waals surface area (Å²) in [7, 11) is -0.430. The number of amides is 3. The Balaban J connectivity index is 1.50. The second-order valence-electron chi connectivity index (χ2n) is 13.2. The van der Waals surface area contributed by atoms with Crippen molar-refractivity contribution < 1.29 is 23.1 Å². The summed E-state index contributed by atoms with van der Waals surface area (Å²) < 4.78 is 26.4. The molecule has 0 aliphatic carbocycles. The van der Waals surface area contributed by atoms with Crippen LogP contribution in [0.2, 0.25) is 18.1 Å². The van der Waals surface area contributed by atoms with Gasteiger partial charge in [-0.05, 0) is 60.8 Å². The molecule has 5 rings (SSSR count). The number of ether oxygens (including phenoxy) is 1. The highest BCUT2D eigenvalue weighted by molar-refractivity contribution is 6.74. The van der Waals surface area contributed by atoms with Gasteiger partial charge in [0.1, 0.15) is 11.6 Å². The zero-order valence-corrected chi connectivity index (χ0v) is 26.8. The van der Waals surface area contributed by atoms with Crippen molar-refractivity contribution in [3.63, 3.8) is 0 Å². The molecule has 226 valence electrons. The second-order valence-corrected chi connectivity index (χ2v) is 18.0. The van der Waals surface area contributed by atoms with E-state index in [2.05, 4.69) is 50.2 Å². The fraction of sp³-hybridized carbons (Fsp3) is 0.500. The topological polar surface area (TPSA) is 86.9 Å². The molecule has 8 nitrogen and oxygen atoms in total. The van der Waals surface area contributed by atoms with Gasteiger partial charge in [-0.1, -0.05) is 32.9 Å². The zero-order valence-electron chi connectivity index (χ0n) is 25.8. The van der Waals surface area contributed by atoms with E-state index >= 15 is 0 Å². The minimum absolute atomic E-state index is 0.000168. The number of rotatable bonds is 5. The maximum absolute atomic E-state index is 14.2. The lowest BCUT2D eigenvalue weighted by molar-refractivity contribution is -0.134. The summed E-state index contributed by atoms with van der Waals surface area (Å²) in [6.07, 6.45) is 1.34. The fourth-order valence-electron chi connectivity index (χ4n) is 6.13. The number of fused-ring (bicyclic) bond motifs is 4. The van der Waals surface area contributed by atoms with Crippen molar-refractivity contribution in [3.8, 4) is 5.75 Å². The number of para-hydroxylation sites is 1. The van der Waals surface area contributed by atoms with E-state index in [1.807, 2.05) is 17.0 Å². The third-order valence-electron chi connectivity index (χ3n) is 9.68. The Bertz CT molecular complexity index is 1490. The molecule has 1 fully saturated rings. The van der Waals surface area contributed by atoms with Crippen molar-refractivity contribution in [1.82, 2.24) is 14.8 Å². The first-order valence-corrected chi connectivity index (χ1v) is 17.6. The van der Waals surface area contributed by atoms with Crippen LogP contribution >= 0.6 is 0 Å². The van der Waals surface area contributed by atoms with Crippen LogP contribution in [0.15, 0.2) is 42.5 Å². The number of H-pyrrole nitrogens is 1. The van der Waals surface area contributed by atoms with Gasteiger partial charge in [-0.3, -0.25) is 4.79 Å². The molecule has 42 heavy (non-hydrogen) atoms. The molecule has 0 bridgehead atoms. The molecule has 10 heteroatoms. The molecular formula is C32H43FN4O4Si. The van der Waals surface area contributed by atoms with Crippen molar-refractivity contribution >= 4 is 36.8 Å². The lowest BCUT2D eigenvalue weighted by Crippen LogP contribution is -2.56. The van der Waals surface area contributed by atoms with Gasteiger partial charge in [-0.2, -0.15) is 0 Å². The van der Waals surface area contributed by atoms with Gasteiger partial charge in [-0.25, -0.2) is 9.18 Å². The van der Waals surface area contributed by atoms with E-state index in [4.69, 9.17) is 9.16 Å². The average Bonchev–Trinajstić information content (AvgIpc) is 3.33. The number of carbonyl (C=O) groups excluding carboxylic acids is 2. The first kappa shape index (κ1) is 30.1. The number of aromatic amines is 1. The minimum Gasteiger partial charge on any atom is -0.497 e. The molecular weight excluding hydrogens is 551 g/mol. The highest BCUT2D eigenvalue weighted by Gasteiger charge is 2.49. The maximum Gasteiger partial charge on any atom is 0.321 e. The lowest BCUT2D eigenvalue weighted by Gasteiger charge is -2.50. The molecule has 1 atom stereocenters. The first-order chi connectivity index (χ1) is 19.8. The number of methoxy groups -OCH3 is 1. The Labute approximate surface area is 248 Å². The standard InChI is InChI=1S/C32H43FN4O4Si/c1-21(38)37-20-32(14-16-36(17-15-32)30(39)35-25-11-9-8-10-24(25)33)28-23-13-12-22(40-5)18-26(23)34-29(28)27(37)19-41-42(6,7)31(2,3)4/h8-13,18,27,34H,14-17,19-20H2,1-7H3,(H,35,39)/t27-/m0/s1. The minimum atomic E-state index is -2.08. The van der Waals surface area contributed by atoms with E-state index in [-0.39, 0.29) is 34.1 Å².